The summed E-state index contributed by atoms with van der Waals surface area (Å²) in [6, 6.07) is 9.60. The monoisotopic (exact) mass is 485 g/mol. The van der Waals surface area contributed by atoms with Crippen LogP contribution in [0.1, 0.15) is 36.8 Å². The Morgan fingerprint density at radius 1 is 1.24 bits per heavy atom. The van der Waals surface area contributed by atoms with Gasteiger partial charge in [-0.15, -0.1) is 11.3 Å². The van der Waals surface area contributed by atoms with E-state index in [0.29, 0.717) is 28.7 Å². The molecule has 2 aromatic rings. The van der Waals surface area contributed by atoms with E-state index in [0.717, 1.165) is 6.42 Å². The number of rotatable bonds is 8. The fourth-order valence-electron chi connectivity index (χ4n) is 3.84. The van der Waals surface area contributed by atoms with Crippen LogP contribution in [0, 0.1) is 5.82 Å². The highest BCUT2D eigenvalue weighted by Gasteiger charge is 2.42. The molecule has 3 heterocycles. The van der Waals surface area contributed by atoms with E-state index in [9.17, 15) is 14.0 Å². The van der Waals surface area contributed by atoms with Crippen LogP contribution in [0.15, 0.2) is 69.1 Å². The lowest BCUT2D eigenvalue weighted by atomic mass is 9.93. The molecule has 0 saturated carbocycles. The third-order valence-corrected chi connectivity index (χ3v) is 7.14. The Kier molecular flexibility index (Phi) is 7.29. The smallest absolute Gasteiger partial charge is 0.338 e. The summed E-state index contributed by atoms with van der Waals surface area (Å²) < 4.78 is 20.2. The number of esters is 1. The Hall–Kier alpha value is -2.91. The molecule has 0 aliphatic carbocycles. The number of aliphatic imine (C=N–C) groups is 1. The van der Waals surface area contributed by atoms with Crippen LogP contribution < -0.4 is 5.32 Å². The standard InChI is InChI=1S/C24H24FN3O3S2/c1-3-31-23(30)21-15(2)27-24-28(22(21)18-8-4-5-9-19(18)25)16(14-33-24)13-20(29)26-11-10-17-7-6-12-32-17/h4-9,12,14,22H,3,10-11,13H2,1-2H3,(H,26,29). The zero-order valence-electron chi connectivity index (χ0n) is 18.3. The molecule has 1 amide bonds. The molecule has 4 rings (SSSR count). The number of allylic oxidation sites excluding steroid dienone is 1. The van der Waals surface area contributed by atoms with Gasteiger partial charge in [-0.25, -0.2) is 14.2 Å². The molecule has 33 heavy (non-hydrogen) atoms. The minimum absolute atomic E-state index is 0.0938. The largest absolute Gasteiger partial charge is 0.463 e. The maximum absolute atomic E-state index is 14.9. The van der Waals surface area contributed by atoms with E-state index in [-0.39, 0.29) is 24.5 Å². The molecule has 6 nitrogen and oxygen atoms in total. The number of ether oxygens (including phenoxy) is 1. The molecule has 0 radical (unpaired) electrons. The van der Waals surface area contributed by atoms with Gasteiger partial charge in [-0.05, 0) is 43.2 Å². The Morgan fingerprint density at radius 3 is 2.79 bits per heavy atom. The van der Waals surface area contributed by atoms with Gasteiger partial charge in [-0.1, -0.05) is 36.0 Å². The third kappa shape index (κ3) is 5.04. The molecule has 1 aromatic carbocycles. The van der Waals surface area contributed by atoms with Gasteiger partial charge < -0.3 is 15.0 Å². The van der Waals surface area contributed by atoms with Gasteiger partial charge in [0, 0.05) is 22.7 Å². The van der Waals surface area contributed by atoms with Gasteiger partial charge in [0.05, 0.1) is 30.3 Å². The van der Waals surface area contributed by atoms with Gasteiger partial charge in [-0.2, -0.15) is 0 Å². The summed E-state index contributed by atoms with van der Waals surface area (Å²) in [7, 11) is 0. The Balaban J connectivity index is 1.58. The number of thiophene rings is 1. The van der Waals surface area contributed by atoms with E-state index < -0.39 is 17.8 Å². The molecule has 2 aliphatic rings. The second kappa shape index (κ2) is 10.4. The van der Waals surface area contributed by atoms with Crippen LogP contribution in [0.5, 0.6) is 0 Å². The van der Waals surface area contributed by atoms with Gasteiger partial charge in [0.1, 0.15) is 5.82 Å². The van der Waals surface area contributed by atoms with E-state index in [4.69, 9.17) is 4.74 Å². The average Bonchev–Trinajstić information content (AvgIpc) is 3.44. The van der Waals surface area contributed by atoms with E-state index in [2.05, 4.69) is 10.3 Å². The van der Waals surface area contributed by atoms with Crippen molar-refractivity contribution in [2.24, 2.45) is 4.99 Å². The number of nitrogens with one attached hydrogen (secondary N) is 1. The first kappa shape index (κ1) is 23.3. The highest BCUT2D eigenvalue weighted by molar-refractivity contribution is 8.16. The van der Waals surface area contributed by atoms with Gasteiger partial charge in [0.15, 0.2) is 5.17 Å². The SMILES string of the molecule is CCOC(=O)C1=C(C)N=C2SC=C(CC(=O)NCCc3cccs3)N2C1c1ccccc1F. The number of hydrogen-bond donors (Lipinski definition) is 1. The molecule has 2 aliphatic heterocycles. The fourth-order valence-corrected chi connectivity index (χ4v) is 5.51. The number of thioether (sulfide) groups is 1. The topological polar surface area (TPSA) is 71.0 Å². The number of fused-ring (bicyclic) bond motifs is 1. The molecular weight excluding hydrogens is 461 g/mol. The minimum Gasteiger partial charge on any atom is -0.463 e. The second-order valence-corrected chi connectivity index (χ2v) is 9.36. The normalized spacial score (nSPS) is 17.4. The van der Waals surface area contributed by atoms with E-state index in [1.54, 1.807) is 48.3 Å². The molecule has 1 unspecified atom stereocenters. The van der Waals surface area contributed by atoms with Crippen molar-refractivity contribution in [2.45, 2.75) is 32.7 Å². The molecule has 172 valence electrons. The van der Waals surface area contributed by atoms with Crippen LogP contribution in [-0.2, 0) is 20.7 Å². The fraction of sp³-hybridized carbons (Fsp3) is 0.292. The lowest BCUT2D eigenvalue weighted by Crippen LogP contribution is -2.38. The third-order valence-electron chi connectivity index (χ3n) is 5.31. The predicted octanol–water partition coefficient (Wildman–Crippen LogP) is 4.77. The quantitative estimate of drug-likeness (QED) is 0.545. The highest BCUT2D eigenvalue weighted by atomic mass is 32.2. The van der Waals surface area contributed by atoms with Crippen molar-refractivity contribution >= 4 is 40.1 Å². The van der Waals surface area contributed by atoms with Crippen molar-refractivity contribution in [3.05, 3.63) is 80.4 Å². The zero-order valence-corrected chi connectivity index (χ0v) is 20.0. The van der Waals surface area contributed by atoms with Crippen molar-refractivity contribution in [2.75, 3.05) is 13.2 Å². The molecule has 9 heteroatoms. The summed E-state index contributed by atoms with van der Waals surface area (Å²) in [6.07, 6.45) is 0.858. The van der Waals surface area contributed by atoms with Gasteiger partial charge in [0.25, 0.3) is 0 Å². The summed E-state index contributed by atoms with van der Waals surface area (Å²) in [4.78, 5) is 33.1. The maximum atomic E-state index is 14.9. The first-order valence-electron chi connectivity index (χ1n) is 10.6. The van der Waals surface area contributed by atoms with Crippen LogP contribution in [0.2, 0.25) is 0 Å². The van der Waals surface area contributed by atoms with E-state index in [1.165, 1.54) is 22.7 Å². The summed E-state index contributed by atoms with van der Waals surface area (Å²) in [6.45, 7) is 4.17. The lowest BCUT2D eigenvalue weighted by molar-refractivity contribution is -0.139. The number of amidine groups is 1. The Morgan fingerprint density at radius 2 is 2.06 bits per heavy atom. The Bertz CT molecular complexity index is 1140. The molecule has 0 spiro atoms. The van der Waals surface area contributed by atoms with Gasteiger partial charge in [-0.3, -0.25) is 4.79 Å². The molecule has 1 N–H and O–H groups in total. The first-order valence-corrected chi connectivity index (χ1v) is 12.4. The first-order chi connectivity index (χ1) is 16.0. The Labute approximate surface area is 200 Å². The minimum atomic E-state index is -0.766. The van der Waals surface area contributed by atoms with Crippen LogP contribution >= 0.6 is 23.1 Å². The van der Waals surface area contributed by atoms with Crippen molar-refractivity contribution in [1.29, 1.82) is 0 Å². The average molecular weight is 486 g/mol. The van der Waals surface area contributed by atoms with Crippen LogP contribution in [0.4, 0.5) is 4.39 Å². The van der Waals surface area contributed by atoms with Crippen LogP contribution in [0.25, 0.3) is 0 Å². The van der Waals surface area contributed by atoms with Crippen molar-refractivity contribution in [1.82, 2.24) is 10.2 Å². The molecule has 1 aromatic heterocycles. The maximum Gasteiger partial charge on any atom is 0.338 e. The van der Waals surface area contributed by atoms with Crippen molar-refractivity contribution in [3.8, 4) is 0 Å². The number of halogens is 1. The van der Waals surface area contributed by atoms with Crippen LogP contribution in [0.3, 0.4) is 0 Å². The lowest BCUT2D eigenvalue weighted by Gasteiger charge is -2.36. The highest BCUT2D eigenvalue weighted by Crippen LogP contribution is 2.45. The van der Waals surface area contributed by atoms with Crippen LogP contribution in [-0.4, -0.2) is 35.1 Å². The number of carbonyl (C=O) groups is 2. The number of hydrogen-bond acceptors (Lipinski definition) is 7. The van der Waals surface area contributed by atoms with Gasteiger partial charge in [0.2, 0.25) is 5.91 Å². The van der Waals surface area contributed by atoms with E-state index in [1.807, 2.05) is 22.9 Å². The number of benzene rings is 1. The molecule has 0 fully saturated rings. The van der Waals surface area contributed by atoms with E-state index >= 15 is 0 Å². The molecule has 0 saturated heterocycles. The summed E-state index contributed by atoms with van der Waals surface area (Å²) in [5, 5.41) is 7.40. The van der Waals surface area contributed by atoms with Gasteiger partial charge >= 0.3 is 5.97 Å². The number of carbonyl (C=O) groups excluding carboxylic acids is 2. The zero-order chi connectivity index (χ0) is 23.4. The summed E-state index contributed by atoms with van der Waals surface area (Å²) in [5.74, 6) is -1.12. The summed E-state index contributed by atoms with van der Waals surface area (Å²) in [5.41, 5.74) is 1.75. The molecule has 0 bridgehead atoms. The predicted molar refractivity (Wildman–Crippen MR) is 129 cm³/mol. The second-order valence-electron chi connectivity index (χ2n) is 7.49. The molecular formula is C24H24FN3O3S2. The van der Waals surface area contributed by atoms with Crippen molar-refractivity contribution in [3.63, 3.8) is 0 Å². The molecule has 1 atom stereocenters. The summed E-state index contributed by atoms with van der Waals surface area (Å²) >= 11 is 3.01. The number of nitrogens with zero attached hydrogens (tertiary/aromatic N) is 2. The number of amides is 1. The van der Waals surface area contributed by atoms with Crippen molar-refractivity contribution < 1.29 is 18.7 Å².